The van der Waals surface area contributed by atoms with Crippen molar-refractivity contribution >= 4 is 16.8 Å². The molecule has 1 aliphatic carbocycles. The number of amides is 1. The van der Waals surface area contributed by atoms with Crippen LogP contribution in [0, 0.1) is 25.7 Å². The van der Waals surface area contributed by atoms with Crippen molar-refractivity contribution in [3.05, 3.63) is 69.8 Å². The van der Waals surface area contributed by atoms with Gasteiger partial charge in [-0.05, 0) is 69.7 Å². The van der Waals surface area contributed by atoms with Crippen molar-refractivity contribution in [1.29, 1.82) is 0 Å². The van der Waals surface area contributed by atoms with Crippen LogP contribution in [-0.2, 0) is 4.79 Å². The smallest absolute Gasteiger partial charge is 0.266 e. The number of rotatable bonds is 7. The molecular formula is C27H33N3O2. The average Bonchev–Trinajstić information content (AvgIpc) is 3.59. The molecule has 0 bridgehead atoms. The fraction of sp³-hybridized carbons (Fsp3) is 0.444. The minimum atomic E-state index is -0.306. The van der Waals surface area contributed by atoms with E-state index in [0.29, 0.717) is 29.2 Å². The SMILES string of the molecule is Cc1ccc(-n2c(C(C)N(CCC(C)C)C(=O)C3CC3)nc3ccccc3c2=O)c(C)c1. The molecule has 1 heterocycles. The van der Waals surface area contributed by atoms with Crippen molar-refractivity contribution in [1.82, 2.24) is 14.5 Å². The quantitative estimate of drug-likeness (QED) is 0.507. The number of nitrogens with zero attached hydrogens (tertiary/aromatic N) is 3. The number of hydrogen-bond donors (Lipinski definition) is 0. The van der Waals surface area contributed by atoms with Gasteiger partial charge in [-0.1, -0.05) is 43.7 Å². The van der Waals surface area contributed by atoms with Gasteiger partial charge in [0.05, 0.1) is 22.6 Å². The second-order valence-electron chi connectivity index (χ2n) is 9.58. The second-order valence-corrected chi connectivity index (χ2v) is 9.58. The Bertz CT molecular complexity index is 1210. The molecule has 0 spiro atoms. The van der Waals surface area contributed by atoms with Crippen LogP contribution in [0.15, 0.2) is 47.3 Å². The van der Waals surface area contributed by atoms with Gasteiger partial charge in [0.15, 0.2) is 0 Å². The lowest BCUT2D eigenvalue weighted by molar-refractivity contribution is -0.135. The topological polar surface area (TPSA) is 55.2 Å². The monoisotopic (exact) mass is 431 g/mol. The Labute approximate surface area is 190 Å². The van der Waals surface area contributed by atoms with E-state index >= 15 is 0 Å². The summed E-state index contributed by atoms with van der Waals surface area (Å²) >= 11 is 0. The summed E-state index contributed by atoms with van der Waals surface area (Å²) in [5.74, 6) is 1.42. The molecule has 2 aromatic carbocycles. The number of benzene rings is 2. The first-order valence-electron chi connectivity index (χ1n) is 11.7. The summed E-state index contributed by atoms with van der Waals surface area (Å²) in [5.41, 5.74) is 3.56. The van der Waals surface area contributed by atoms with Gasteiger partial charge in [0.2, 0.25) is 5.91 Å². The van der Waals surface area contributed by atoms with Crippen LogP contribution in [-0.4, -0.2) is 26.9 Å². The van der Waals surface area contributed by atoms with Crippen LogP contribution in [0.2, 0.25) is 0 Å². The van der Waals surface area contributed by atoms with Crippen molar-refractivity contribution in [2.45, 2.75) is 59.9 Å². The Hall–Kier alpha value is -2.95. The molecule has 168 valence electrons. The molecule has 1 unspecified atom stereocenters. The van der Waals surface area contributed by atoms with Crippen molar-refractivity contribution in [2.75, 3.05) is 6.54 Å². The molecule has 5 heteroatoms. The molecule has 1 aliphatic rings. The van der Waals surface area contributed by atoms with Crippen LogP contribution in [0.3, 0.4) is 0 Å². The number of fused-ring (bicyclic) bond motifs is 1. The summed E-state index contributed by atoms with van der Waals surface area (Å²) in [6.07, 6.45) is 2.84. The molecule has 4 rings (SSSR count). The summed E-state index contributed by atoms with van der Waals surface area (Å²) in [5, 5.41) is 0.589. The first kappa shape index (κ1) is 22.3. The van der Waals surface area contributed by atoms with Crippen molar-refractivity contribution in [2.24, 2.45) is 11.8 Å². The minimum Gasteiger partial charge on any atom is -0.333 e. The number of carbonyl (C=O) groups is 1. The van der Waals surface area contributed by atoms with Crippen molar-refractivity contribution in [3.8, 4) is 5.69 Å². The highest BCUT2D eigenvalue weighted by atomic mass is 16.2. The van der Waals surface area contributed by atoms with Crippen LogP contribution < -0.4 is 5.56 Å². The molecule has 1 aromatic heterocycles. The Balaban J connectivity index is 1.91. The predicted molar refractivity (Wildman–Crippen MR) is 129 cm³/mol. The van der Waals surface area contributed by atoms with E-state index in [4.69, 9.17) is 4.98 Å². The standard InChI is InChI=1S/C27H33N3O2/c1-17(2)14-15-29(26(31)21-11-12-21)20(5)25-28-23-9-7-6-8-22(23)27(32)30(25)24-13-10-18(3)16-19(24)4/h6-10,13,16-17,20-21H,11-12,14-15H2,1-5H3. The third kappa shape index (κ3) is 4.34. The van der Waals surface area contributed by atoms with E-state index < -0.39 is 0 Å². The zero-order chi connectivity index (χ0) is 23.0. The van der Waals surface area contributed by atoms with Gasteiger partial charge in [-0.15, -0.1) is 0 Å². The van der Waals surface area contributed by atoms with E-state index in [1.54, 1.807) is 4.57 Å². The molecule has 0 aliphatic heterocycles. The van der Waals surface area contributed by atoms with Gasteiger partial charge in [-0.25, -0.2) is 4.98 Å². The molecule has 0 N–H and O–H groups in total. The Morgan fingerprint density at radius 1 is 1.12 bits per heavy atom. The summed E-state index contributed by atoms with van der Waals surface area (Å²) < 4.78 is 1.73. The van der Waals surface area contributed by atoms with Crippen LogP contribution in [0.5, 0.6) is 0 Å². The average molecular weight is 432 g/mol. The number of carbonyl (C=O) groups excluding carboxylic acids is 1. The molecule has 32 heavy (non-hydrogen) atoms. The van der Waals surface area contributed by atoms with Crippen molar-refractivity contribution < 1.29 is 4.79 Å². The second kappa shape index (κ2) is 8.89. The number of hydrogen-bond acceptors (Lipinski definition) is 3. The zero-order valence-corrected chi connectivity index (χ0v) is 19.8. The van der Waals surface area contributed by atoms with Crippen LogP contribution in [0.1, 0.15) is 63.0 Å². The van der Waals surface area contributed by atoms with Gasteiger partial charge < -0.3 is 4.90 Å². The van der Waals surface area contributed by atoms with Gasteiger partial charge in [-0.3, -0.25) is 14.2 Å². The predicted octanol–water partition coefficient (Wildman–Crippen LogP) is 5.35. The Morgan fingerprint density at radius 2 is 1.84 bits per heavy atom. The fourth-order valence-electron chi connectivity index (χ4n) is 4.32. The fourth-order valence-corrected chi connectivity index (χ4v) is 4.32. The molecule has 5 nitrogen and oxygen atoms in total. The van der Waals surface area contributed by atoms with E-state index in [1.165, 1.54) is 0 Å². The van der Waals surface area contributed by atoms with E-state index in [1.807, 2.05) is 62.1 Å². The van der Waals surface area contributed by atoms with Gasteiger partial charge in [0, 0.05) is 12.5 Å². The molecule has 1 saturated carbocycles. The number of aryl methyl sites for hydroxylation is 2. The molecule has 1 fully saturated rings. The maximum atomic E-state index is 13.7. The third-order valence-electron chi connectivity index (χ3n) is 6.39. The summed E-state index contributed by atoms with van der Waals surface area (Å²) in [7, 11) is 0. The number of aromatic nitrogens is 2. The van der Waals surface area contributed by atoms with E-state index in [-0.39, 0.29) is 23.4 Å². The maximum Gasteiger partial charge on any atom is 0.266 e. The first-order valence-corrected chi connectivity index (χ1v) is 11.7. The summed E-state index contributed by atoms with van der Waals surface area (Å²) in [6.45, 7) is 11.1. The Morgan fingerprint density at radius 3 is 2.50 bits per heavy atom. The van der Waals surface area contributed by atoms with E-state index in [9.17, 15) is 9.59 Å². The first-order chi connectivity index (χ1) is 15.3. The normalized spacial score (nSPS) is 14.7. The molecule has 3 aromatic rings. The highest BCUT2D eigenvalue weighted by Gasteiger charge is 2.37. The molecule has 1 amide bonds. The van der Waals surface area contributed by atoms with Crippen LogP contribution >= 0.6 is 0 Å². The lowest BCUT2D eigenvalue weighted by Crippen LogP contribution is -2.39. The Kier molecular flexibility index (Phi) is 6.18. The molecule has 0 saturated heterocycles. The molecule has 1 atom stereocenters. The summed E-state index contributed by atoms with van der Waals surface area (Å²) in [4.78, 5) is 33.9. The zero-order valence-electron chi connectivity index (χ0n) is 19.8. The minimum absolute atomic E-state index is 0.0907. The van der Waals surface area contributed by atoms with Gasteiger partial charge in [0.1, 0.15) is 5.82 Å². The molecular weight excluding hydrogens is 398 g/mol. The van der Waals surface area contributed by atoms with Gasteiger partial charge in [-0.2, -0.15) is 0 Å². The highest BCUT2D eigenvalue weighted by molar-refractivity contribution is 5.82. The maximum absolute atomic E-state index is 13.7. The number of para-hydroxylation sites is 1. The highest BCUT2D eigenvalue weighted by Crippen LogP contribution is 2.34. The third-order valence-corrected chi connectivity index (χ3v) is 6.39. The largest absolute Gasteiger partial charge is 0.333 e. The molecule has 0 radical (unpaired) electrons. The van der Waals surface area contributed by atoms with Crippen LogP contribution in [0.25, 0.3) is 16.6 Å². The van der Waals surface area contributed by atoms with Gasteiger partial charge in [0.25, 0.3) is 5.56 Å². The van der Waals surface area contributed by atoms with Crippen LogP contribution in [0.4, 0.5) is 0 Å². The van der Waals surface area contributed by atoms with Gasteiger partial charge >= 0.3 is 0 Å². The lowest BCUT2D eigenvalue weighted by Gasteiger charge is -2.31. The lowest BCUT2D eigenvalue weighted by atomic mass is 10.1. The summed E-state index contributed by atoms with van der Waals surface area (Å²) in [6, 6.07) is 13.2. The van der Waals surface area contributed by atoms with E-state index in [0.717, 1.165) is 36.1 Å². The van der Waals surface area contributed by atoms with E-state index in [2.05, 4.69) is 19.9 Å². The van der Waals surface area contributed by atoms with Crippen molar-refractivity contribution in [3.63, 3.8) is 0 Å².